The second-order valence-electron chi connectivity index (χ2n) is 4.48. The Hall–Kier alpha value is -2.00. The van der Waals surface area contributed by atoms with E-state index in [2.05, 4.69) is 17.1 Å². The van der Waals surface area contributed by atoms with E-state index < -0.39 is 0 Å². The second-order valence-corrected chi connectivity index (χ2v) is 4.89. The zero-order valence-electron chi connectivity index (χ0n) is 10.4. The summed E-state index contributed by atoms with van der Waals surface area (Å²) in [5.41, 5.74) is 9.02. The summed E-state index contributed by atoms with van der Waals surface area (Å²) in [5.74, 6) is 0.674. The number of nitrogens with zero attached hydrogens (tertiary/aromatic N) is 2. The molecule has 0 fully saturated rings. The summed E-state index contributed by atoms with van der Waals surface area (Å²) in [7, 11) is 0. The number of nitrogen functional groups attached to an aromatic ring is 1. The predicted molar refractivity (Wildman–Crippen MR) is 78.5 cm³/mol. The molecule has 0 aliphatic carbocycles. The van der Waals surface area contributed by atoms with Gasteiger partial charge in [0.1, 0.15) is 5.82 Å². The van der Waals surface area contributed by atoms with E-state index in [0.29, 0.717) is 10.8 Å². The number of halogens is 1. The van der Waals surface area contributed by atoms with Crippen molar-refractivity contribution >= 4 is 23.1 Å². The highest BCUT2D eigenvalue weighted by atomic mass is 35.5. The minimum Gasteiger partial charge on any atom is -0.383 e. The topological polar surface area (TPSA) is 43.3 Å². The molecular weight excluding hydrogens is 258 g/mol. The quantitative estimate of drug-likeness (QED) is 0.794. The number of imidazole rings is 1. The van der Waals surface area contributed by atoms with Gasteiger partial charge in [0, 0.05) is 6.20 Å². The Morgan fingerprint density at radius 3 is 2.58 bits per heavy atom. The summed E-state index contributed by atoms with van der Waals surface area (Å²) < 4.78 is 1.84. The third-order valence-corrected chi connectivity index (χ3v) is 3.50. The van der Waals surface area contributed by atoms with Crippen molar-refractivity contribution in [2.24, 2.45) is 0 Å². The van der Waals surface area contributed by atoms with Crippen LogP contribution in [0.5, 0.6) is 0 Å². The molecule has 0 atom stereocenters. The van der Waals surface area contributed by atoms with E-state index in [1.807, 2.05) is 40.9 Å². The SMILES string of the molecule is Nc1c(CCc2ccccc2)nc2c(Cl)cccn12. The largest absolute Gasteiger partial charge is 0.383 e. The molecule has 0 saturated heterocycles. The van der Waals surface area contributed by atoms with Crippen LogP contribution in [0.1, 0.15) is 11.3 Å². The van der Waals surface area contributed by atoms with Gasteiger partial charge in [-0.2, -0.15) is 0 Å². The number of aryl methyl sites for hydroxylation is 2. The van der Waals surface area contributed by atoms with Crippen molar-refractivity contribution < 1.29 is 0 Å². The van der Waals surface area contributed by atoms with E-state index in [4.69, 9.17) is 17.3 Å². The number of aromatic nitrogens is 2. The lowest BCUT2D eigenvalue weighted by molar-refractivity contribution is 0.931. The molecule has 2 N–H and O–H groups in total. The maximum absolute atomic E-state index is 6.12. The average Bonchev–Trinajstić information content (AvgIpc) is 2.77. The number of benzene rings is 1. The highest BCUT2D eigenvalue weighted by Crippen LogP contribution is 2.22. The number of fused-ring (bicyclic) bond motifs is 1. The molecule has 2 aromatic heterocycles. The standard InChI is InChI=1S/C15H14ClN3/c16-12-7-4-10-19-14(17)13(18-15(12)19)9-8-11-5-2-1-3-6-11/h1-7,10H,8-9,17H2. The van der Waals surface area contributed by atoms with Gasteiger partial charge in [0.25, 0.3) is 0 Å². The van der Waals surface area contributed by atoms with Crippen LogP contribution in [0, 0.1) is 0 Å². The number of pyridine rings is 1. The first-order valence-corrected chi connectivity index (χ1v) is 6.58. The van der Waals surface area contributed by atoms with Crippen molar-refractivity contribution in [3.8, 4) is 0 Å². The summed E-state index contributed by atoms with van der Waals surface area (Å²) in [5, 5.41) is 0.625. The van der Waals surface area contributed by atoms with Crippen molar-refractivity contribution in [1.29, 1.82) is 0 Å². The molecule has 3 aromatic rings. The summed E-state index contributed by atoms with van der Waals surface area (Å²) in [4.78, 5) is 4.53. The third kappa shape index (κ3) is 2.29. The Bertz CT molecular complexity index is 704. The number of anilines is 1. The van der Waals surface area contributed by atoms with Gasteiger partial charge in [-0.15, -0.1) is 0 Å². The monoisotopic (exact) mass is 271 g/mol. The lowest BCUT2D eigenvalue weighted by Crippen LogP contribution is -1.98. The predicted octanol–water partition coefficient (Wildman–Crippen LogP) is 3.36. The van der Waals surface area contributed by atoms with Gasteiger partial charge >= 0.3 is 0 Å². The van der Waals surface area contributed by atoms with E-state index in [9.17, 15) is 0 Å². The van der Waals surface area contributed by atoms with Gasteiger partial charge in [-0.3, -0.25) is 4.40 Å². The van der Waals surface area contributed by atoms with Crippen LogP contribution >= 0.6 is 11.6 Å². The molecule has 4 heteroatoms. The molecule has 96 valence electrons. The van der Waals surface area contributed by atoms with Crippen LogP contribution in [0.3, 0.4) is 0 Å². The van der Waals surface area contributed by atoms with Crippen LogP contribution in [0.4, 0.5) is 5.82 Å². The van der Waals surface area contributed by atoms with Crippen LogP contribution in [0.15, 0.2) is 48.7 Å². The van der Waals surface area contributed by atoms with Crippen molar-refractivity contribution in [3.05, 3.63) is 64.9 Å². The van der Waals surface area contributed by atoms with E-state index >= 15 is 0 Å². The molecule has 3 rings (SSSR count). The van der Waals surface area contributed by atoms with Crippen LogP contribution in [0.25, 0.3) is 5.65 Å². The second kappa shape index (κ2) is 4.94. The lowest BCUT2D eigenvalue weighted by atomic mass is 10.1. The zero-order chi connectivity index (χ0) is 13.2. The van der Waals surface area contributed by atoms with Gasteiger partial charge in [0.2, 0.25) is 0 Å². The molecule has 0 bridgehead atoms. The van der Waals surface area contributed by atoms with E-state index in [-0.39, 0.29) is 0 Å². The molecule has 0 aliphatic rings. The fourth-order valence-corrected chi connectivity index (χ4v) is 2.40. The fraction of sp³-hybridized carbons (Fsp3) is 0.133. The van der Waals surface area contributed by atoms with E-state index in [0.717, 1.165) is 24.2 Å². The molecule has 2 heterocycles. The zero-order valence-corrected chi connectivity index (χ0v) is 11.1. The van der Waals surface area contributed by atoms with Gasteiger partial charge in [0.15, 0.2) is 5.65 Å². The molecular formula is C15H14ClN3. The lowest BCUT2D eigenvalue weighted by Gasteiger charge is -2.00. The Labute approximate surface area is 116 Å². The van der Waals surface area contributed by atoms with Gasteiger partial charge in [-0.05, 0) is 30.5 Å². The first-order chi connectivity index (χ1) is 9.25. The highest BCUT2D eigenvalue weighted by molar-refractivity contribution is 6.33. The van der Waals surface area contributed by atoms with Crippen LogP contribution < -0.4 is 5.73 Å². The molecule has 0 saturated carbocycles. The Morgan fingerprint density at radius 1 is 1.05 bits per heavy atom. The summed E-state index contributed by atoms with van der Waals surface area (Å²) >= 11 is 6.12. The smallest absolute Gasteiger partial charge is 0.157 e. The maximum atomic E-state index is 6.12. The van der Waals surface area contributed by atoms with Crippen LogP contribution in [0.2, 0.25) is 5.02 Å². The van der Waals surface area contributed by atoms with Gasteiger partial charge < -0.3 is 5.73 Å². The number of rotatable bonds is 3. The summed E-state index contributed by atoms with van der Waals surface area (Å²) in [6, 6.07) is 14.0. The van der Waals surface area contributed by atoms with Gasteiger partial charge in [0.05, 0.1) is 10.7 Å². The molecule has 19 heavy (non-hydrogen) atoms. The maximum Gasteiger partial charge on any atom is 0.157 e. The minimum absolute atomic E-state index is 0.625. The summed E-state index contributed by atoms with van der Waals surface area (Å²) in [6.45, 7) is 0. The van der Waals surface area contributed by atoms with Gasteiger partial charge in [-0.25, -0.2) is 4.98 Å². The van der Waals surface area contributed by atoms with Crippen molar-refractivity contribution in [1.82, 2.24) is 9.38 Å². The molecule has 1 aromatic carbocycles. The van der Waals surface area contributed by atoms with Crippen molar-refractivity contribution in [2.75, 3.05) is 5.73 Å². The minimum atomic E-state index is 0.625. The molecule has 0 radical (unpaired) electrons. The summed E-state index contributed by atoms with van der Waals surface area (Å²) in [6.07, 6.45) is 3.62. The van der Waals surface area contributed by atoms with Crippen molar-refractivity contribution in [2.45, 2.75) is 12.8 Å². The first kappa shape index (κ1) is 12.1. The number of hydrogen-bond donors (Lipinski definition) is 1. The van der Waals surface area contributed by atoms with E-state index in [1.54, 1.807) is 0 Å². The Morgan fingerprint density at radius 2 is 1.84 bits per heavy atom. The molecule has 0 amide bonds. The highest BCUT2D eigenvalue weighted by Gasteiger charge is 2.10. The molecule has 0 spiro atoms. The first-order valence-electron chi connectivity index (χ1n) is 6.20. The number of hydrogen-bond acceptors (Lipinski definition) is 2. The van der Waals surface area contributed by atoms with Crippen LogP contribution in [-0.4, -0.2) is 9.38 Å². The molecule has 0 unspecified atom stereocenters. The average molecular weight is 272 g/mol. The van der Waals surface area contributed by atoms with E-state index in [1.165, 1.54) is 5.56 Å². The van der Waals surface area contributed by atoms with Crippen molar-refractivity contribution in [3.63, 3.8) is 0 Å². The molecule has 0 aliphatic heterocycles. The number of nitrogens with two attached hydrogens (primary N) is 1. The fourth-order valence-electron chi connectivity index (χ4n) is 2.19. The molecule has 3 nitrogen and oxygen atoms in total. The Balaban J connectivity index is 1.89. The van der Waals surface area contributed by atoms with Crippen LogP contribution in [-0.2, 0) is 12.8 Å². The van der Waals surface area contributed by atoms with Gasteiger partial charge in [-0.1, -0.05) is 41.9 Å². The third-order valence-electron chi connectivity index (χ3n) is 3.21. The normalized spacial score (nSPS) is 11.0. The Kier molecular flexibility index (Phi) is 3.13.